The standard InChI is InChI=1S/C15H20Cl3OP.Li/c1-9(7-15(2,3)4)8-20-14(19)13-11(17)5-10(16)6-12(13)18;/h5-6,9,20H,7-8H2,1-4H3;. The van der Waals surface area contributed by atoms with Gasteiger partial charge in [-0.3, -0.25) is 4.79 Å². The van der Waals surface area contributed by atoms with Gasteiger partial charge in [-0.05, 0) is 44.6 Å². The van der Waals surface area contributed by atoms with E-state index in [2.05, 4.69) is 27.7 Å². The van der Waals surface area contributed by atoms with Crippen molar-refractivity contribution in [1.29, 1.82) is 0 Å². The molecule has 0 amide bonds. The Bertz CT molecular complexity index is 477. The zero-order valence-electron chi connectivity index (χ0n) is 13.2. The maximum Gasteiger partial charge on any atom is 0.184 e. The van der Waals surface area contributed by atoms with E-state index < -0.39 is 0 Å². The summed E-state index contributed by atoms with van der Waals surface area (Å²) in [6.07, 6.45) is 1.96. The average molecular weight is 361 g/mol. The first-order valence-corrected chi connectivity index (χ1v) is 8.87. The number of carbonyl (C=O) groups excluding carboxylic acids is 1. The molecule has 0 heterocycles. The topological polar surface area (TPSA) is 17.1 Å². The molecule has 0 saturated carbocycles. The Kier molecular flexibility index (Phi) is 9.52. The summed E-state index contributed by atoms with van der Waals surface area (Å²) < 4.78 is 0. The normalized spacial score (nSPS) is 13.3. The average Bonchev–Trinajstić information content (AvgIpc) is 2.22. The van der Waals surface area contributed by atoms with Crippen molar-refractivity contribution in [1.82, 2.24) is 0 Å². The van der Waals surface area contributed by atoms with Crippen LogP contribution in [0.25, 0.3) is 0 Å². The van der Waals surface area contributed by atoms with Crippen molar-refractivity contribution in [3.05, 3.63) is 32.8 Å². The van der Waals surface area contributed by atoms with Crippen LogP contribution in [-0.2, 0) is 0 Å². The molecule has 1 rings (SSSR count). The summed E-state index contributed by atoms with van der Waals surface area (Å²) >= 11 is 18.0. The van der Waals surface area contributed by atoms with Crippen LogP contribution in [-0.4, -0.2) is 30.5 Å². The van der Waals surface area contributed by atoms with Gasteiger partial charge < -0.3 is 0 Å². The molecule has 0 aliphatic rings. The Morgan fingerprint density at radius 1 is 1.19 bits per heavy atom. The molecule has 1 aromatic carbocycles. The van der Waals surface area contributed by atoms with Crippen molar-refractivity contribution < 1.29 is 4.79 Å². The van der Waals surface area contributed by atoms with Crippen molar-refractivity contribution in [2.24, 2.45) is 11.3 Å². The first-order valence-electron chi connectivity index (χ1n) is 6.53. The van der Waals surface area contributed by atoms with E-state index in [1.165, 1.54) is 0 Å². The first kappa shape index (κ1) is 21.8. The molecule has 0 spiro atoms. The van der Waals surface area contributed by atoms with Gasteiger partial charge in [0.25, 0.3) is 0 Å². The molecule has 0 saturated heterocycles. The van der Waals surface area contributed by atoms with E-state index in [0.717, 1.165) is 12.6 Å². The van der Waals surface area contributed by atoms with Gasteiger partial charge in [0.1, 0.15) is 0 Å². The number of halogens is 3. The zero-order valence-corrected chi connectivity index (χ0v) is 16.5. The maximum atomic E-state index is 12.3. The van der Waals surface area contributed by atoms with Crippen LogP contribution in [0, 0.1) is 11.3 Å². The van der Waals surface area contributed by atoms with Gasteiger partial charge in [0, 0.05) is 23.9 Å². The molecular formula is C15H20Cl3LiOP. The third-order valence-corrected chi connectivity index (χ3v) is 5.09. The Balaban J connectivity index is 0.00000400. The summed E-state index contributed by atoms with van der Waals surface area (Å²) in [4.78, 5) is 12.3. The van der Waals surface area contributed by atoms with Gasteiger partial charge in [-0.25, -0.2) is 0 Å². The Morgan fingerprint density at radius 3 is 2.10 bits per heavy atom. The van der Waals surface area contributed by atoms with Crippen LogP contribution in [0.4, 0.5) is 0 Å². The van der Waals surface area contributed by atoms with Gasteiger partial charge in [-0.15, -0.1) is 0 Å². The van der Waals surface area contributed by atoms with E-state index >= 15 is 0 Å². The summed E-state index contributed by atoms with van der Waals surface area (Å²) in [6.45, 7) is 8.81. The summed E-state index contributed by atoms with van der Waals surface area (Å²) in [5, 5.41) is 1.12. The number of benzene rings is 1. The van der Waals surface area contributed by atoms with E-state index in [1.807, 2.05) is 0 Å². The largest absolute Gasteiger partial charge is 0.289 e. The fourth-order valence-electron chi connectivity index (χ4n) is 2.23. The predicted octanol–water partition coefficient (Wildman–Crippen LogP) is 6.16. The van der Waals surface area contributed by atoms with Gasteiger partial charge in [-0.1, -0.05) is 62.5 Å². The molecule has 2 unspecified atom stereocenters. The second-order valence-corrected chi connectivity index (χ2v) is 8.79. The second kappa shape index (κ2) is 9.17. The van der Waals surface area contributed by atoms with Crippen LogP contribution in [0.3, 0.4) is 0 Å². The minimum atomic E-state index is 0. The van der Waals surface area contributed by atoms with E-state index in [4.69, 9.17) is 34.8 Å². The van der Waals surface area contributed by atoms with Crippen molar-refractivity contribution >= 4 is 67.8 Å². The Labute approximate surface area is 156 Å². The third-order valence-electron chi connectivity index (χ3n) is 2.81. The molecule has 21 heavy (non-hydrogen) atoms. The van der Waals surface area contributed by atoms with E-state index in [1.54, 1.807) is 12.1 Å². The molecule has 113 valence electrons. The molecule has 6 heteroatoms. The second-order valence-electron chi connectivity index (χ2n) is 6.32. The number of hydrogen-bond acceptors (Lipinski definition) is 1. The van der Waals surface area contributed by atoms with Crippen LogP contribution in [0.2, 0.25) is 15.1 Å². The molecule has 0 aromatic heterocycles. The van der Waals surface area contributed by atoms with Gasteiger partial charge in [0.05, 0.1) is 15.6 Å². The molecule has 0 aliphatic heterocycles. The Morgan fingerprint density at radius 2 is 1.67 bits per heavy atom. The van der Waals surface area contributed by atoms with E-state index in [-0.39, 0.29) is 38.4 Å². The van der Waals surface area contributed by atoms with Crippen molar-refractivity contribution in [3.63, 3.8) is 0 Å². The molecule has 0 N–H and O–H groups in total. The first-order chi connectivity index (χ1) is 9.10. The summed E-state index contributed by atoms with van der Waals surface area (Å²) in [5.41, 5.74) is 0.694. The molecule has 2 atom stereocenters. The third kappa shape index (κ3) is 7.74. The van der Waals surface area contributed by atoms with Gasteiger partial charge in [-0.2, -0.15) is 0 Å². The van der Waals surface area contributed by atoms with Gasteiger partial charge in [0.2, 0.25) is 0 Å². The van der Waals surface area contributed by atoms with Crippen LogP contribution < -0.4 is 0 Å². The minimum Gasteiger partial charge on any atom is -0.289 e. The van der Waals surface area contributed by atoms with Crippen molar-refractivity contribution in [3.8, 4) is 0 Å². The molecule has 0 bridgehead atoms. The molecule has 0 fully saturated rings. The monoisotopic (exact) mass is 359 g/mol. The summed E-state index contributed by atoms with van der Waals surface area (Å²) in [5.74, 6) is 0.502. The molecule has 1 aromatic rings. The molecule has 0 aliphatic carbocycles. The van der Waals surface area contributed by atoms with E-state index in [0.29, 0.717) is 26.5 Å². The minimum absolute atomic E-state index is 0. The zero-order chi connectivity index (χ0) is 15.5. The molecule has 1 nitrogen and oxygen atoms in total. The van der Waals surface area contributed by atoms with Crippen molar-refractivity contribution in [2.45, 2.75) is 34.1 Å². The van der Waals surface area contributed by atoms with Gasteiger partial charge >= 0.3 is 0 Å². The smallest absolute Gasteiger partial charge is 0.184 e. The fourth-order valence-corrected chi connectivity index (χ4v) is 4.50. The number of rotatable bonds is 5. The van der Waals surface area contributed by atoms with Crippen LogP contribution in [0.5, 0.6) is 0 Å². The predicted molar refractivity (Wildman–Crippen MR) is 98.0 cm³/mol. The summed E-state index contributed by atoms with van der Waals surface area (Å²) in [7, 11) is 0.188. The number of hydrogen-bond donors (Lipinski definition) is 0. The van der Waals surface area contributed by atoms with E-state index in [9.17, 15) is 4.79 Å². The number of carbonyl (C=O) groups is 1. The fraction of sp³-hybridized carbons (Fsp3) is 0.533. The molecule has 1 radical (unpaired) electrons. The maximum absolute atomic E-state index is 12.3. The molecular weight excluding hydrogens is 340 g/mol. The van der Waals surface area contributed by atoms with Crippen molar-refractivity contribution in [2.75, 3.05) is 6.16 Å². The van der Waals surface area contributed by atoms with Crippen LogP contribution in [0.1, 0.15) is 44.5 Å². The van der Waals surface area contributed by atoms with Crippen LogP contribution in [0.15, 0.2) is 12.1 Å². The quantitative estimate of drug-likeness (QED) is 0.454. The van der Waals surface area contributed by atoms with Gasteiger partial charge in [0.15, 0.2) is 5.52 Å². The SMILES string of the molecule is CC(CPC(=O)c1c(Cl)cc(Cl)cc1Cl)CC(C)(C)C.[Li]. The summed E-state index contributed by atoms with van der Waals surface area (Å²) in [6, 6.07) is 3.12. The van der Waals surface area contributed by atoms with Crippen LogP contribution >= 0.6 is 43.4 Å². The Hall–Kier alpha value is 0.787.